The van der Waals surface area contributed by atoms with Crippen molar-refractivity contribution in [3.63, 3.8) is 0 Å². The minimum Gasteiger partial charge on any atom is -0.451 e. The molecule has 116 valence electrons. The van der Waals surface area contributed by atoms with Gasteiger partial charge in [-0.1, -0.05) is 35.9 Å². The van der Waals surface area contributed by atoms with Gasteiger partial charge in [-0.15, -0.1) is 0 Å². The minimum absolute atomic E-state index is 0.164. The van der Waals surface area contributed by atoms with Gasteiger partial charge in [0.1, 0.15) is 5.58 Å². The Morgan fingerprint density at radius 1 is 1.00 bits per heavy atom. The third-order valence-corrected chi connectivity index (χ3v) is 3.66. The molecule has 0 aliphatic heterocycles. The van der Waals surface area contributed by atoms with Gasteiger partial charge in [-0.3, -0.25) is 20.4 Å². The molecule has 0 saturated carbocycles. The number of nitrogens with one attached hydrogen (secondary N) is 2. The van der Waals surface area contributed by atoms with Gasteiger partial charge in [0.15, 0.2) is 5.76 Å². The molecule has 23 heavy (non-hydrogen) atoms. The van der Waals surface area contributed by atoms with Crippen molar-refractivity contribution in [1.29, 1.82) is 0 Å². The maximum atomic E-state index is 12.2. The molecule has 2 amide bonds. The molecule has 0 saturated heterocycles. The first kappa shape index (κ1) is 15.1. The monoisotopic (exact) mass is 328 g/mol. The van der Waals surface area contributed by atoms with E-state index in [4.69, 9.17) is 16.0 Å². The van der Waals surface area contributed by atoms with E-state index in [9.17, 15) is 9.59 Å². The second-order valence-corrected chi connectivity index (χ2v) is 5.41. The Hall–Kier alpha value is -2.79. The quantitative estimate of drug-likeness (QED) is 0.708. The zero-order chi connectivity index (χ0) is 16.4. The summed E-state index contributed by atoms with van der Waals surface area (Å²) >= 11 is 5.83. The SMILES string of the molecule is Cc1c(C(=O)NNC(=O)c2cccc(Cl)c2)oc2ccccc12. The first-order valence-corrected chi connectivity index (χ1v) is 7.28. The number of carbonyl (C=O) groups excluding carboxylic acids is 2. The fourth-order valence-corrected chi connectivity index (χ4v) is 2.45. The van der Waals surface area contributed by atoms with Crippen LogP contribution in [-0.2, 0) is 0 Å². The van der Waals surface area contributed by atoms with Crippen molar-refractivity contribution in [3.8, 4) is 0 Å². The number of halogens is 1. The number of benzene rings is 2. The normalized spacial score (nSPS) is 10.5. The van der Waals surface area contributed by atoms with Gasteiger partial charge in [-0.25, -0.2) is 0 Å². The van der Waals surface area contributed by atoms with Crippen molar-refractivity contribution in [3.05, 3.63) is 70.4 Å². The van der Waals surface area contributed by atoms with Crippen LogP contribution >= 0.6 is 11.6 Å². The van der Waals surface area contributed by atoms with Crippen molar-refractivity contribution in [2.45, 2.75) is 6.92 Å². The number of fused-ring (bicyclic) bond motifs is 1. The van der Waals surface area contributed by atoms with E-state index in [-0.39, 0.29) is 5.76 Å². The molecule has 0 fully saturated rings. The molecule has 3 rings (SSSR count). The third-order valence-electron chi connectivity index (χ3n) is 3.43. The summed E-state index contributed by atoms with van der Waals surface area (Å²) in [6.07, 6.45) is 0. The highest BCUT2D eigenvalue weighted by Crippen LogP contribution is 2.24. The van der Waals surface area contributed by atoms with E-state index >= 15 is 0 Å². The van der Waals surface area contributed by atoms with Gasteiger partial charge in [0, 0.05) is 21.5 Å². The highest BCUT2D eigenvalue weighted by molar-refractivity contribution is 6.31. The molecule has 0 spiro atoms. The van der Waals surface area contributed by atoms with E-state index in [1.54, 1.807) is 31.2 Å². The average molecular weight is 329 g/mol. The summed E-state index contributed by atoms with van der Waals surface area (Å²) in [5.74, 6) is -0.818. The van der Waals surface area contributed by atoms with Crippen LogP contribution < -0.4 is 10.9 Å². The molecular weight excluding hydrogens is 316 g/mol. The molecule has 0 aliphatic rings. The number of rotatable bonds is 2. The maximum Gasteiger partial charge on any atom is 0.305 e. The molecule has 0 atom stereocenters. The van der Waals surface area contributed by atoms with Crippen molar-refractivity contribution in [2.75, 3.05) is 0 Å². The van der Waals surface area contributed by atoms with Crippen LogP contribution in [0.15, 0.2) is 52.9 Å². The van der Waals surface area contributed by atoms with E-state index in [0.29, 0.717) is 16.2 Å². The molecule has 6 heteroatoms. The summed E-state index contributed by atoms with van der Waals surface area (Å²) in [6, 6.07) is 13.8. The third kappa shape index (κ3) is 3.05. The standard InChI is InChI=1S/C17H13ClN2O3/c1-10-13-7-2-3-8-14(13)23-15(10)17(22)20-19-16(21)11-5-4-6-12(18)9-11/h2-9H,1H3,(H,19,21)(H,20,22). The van der Waals surface area contributed by atoms with Gasteiger partial charge in [0.2, 0.25) is 0 Å². The molecule has 1 heterocycles. The highest BCUT2D eigenvalue weighted by atomic mass is 35.5. The van der Waals surface area contributed by atoms with Gasteiger partial charge < -0.3 is 4.42 Å². The predicted molar refractivity (Wildman–Crippen MR) is 87.3 cm³/mol. The van der Waals surface area contributed by atoms with E-state index < -0.39 is 11.8 Å². The van der Waals surface area contributed by atoms with Gasteiger partial charge >= 0.3 is 5.91 Å². The van der Waals surface area contributed by atoms with Crippen LogP contribution in [0.3, 0.4) is 0 Å². The second-order valence-electron chi connectivity index (χ2n) is 4.97. The molecule has 1 aromatic heterocycles. The Morgan fingerprint density at radius 3 is 2.48 bits per heavy atom. The fourth-order valence-electron chi connectivity index (χ4n) is 2.26. The van der Waals surface area contributed by atoms with E-state index in [2.05, 4.69) is 10.9 Å². The second kappa shape index (κ2) is 6.14. The molecular formula is C17H13ClN2O3. The Morgan fingerprint density at radius 2 is 1.74 bits per heavy atom. The number of hydrogen-bond acceptors (Lipinski definition) is 3. The number of hydrazine groups is 1. The molecule has 0 bridgehead atoms. The first-order valence-electron chi connectivity index (χ1n) is 6.90. The summed E-state index contributed by atoms with van der Waals surface area (Å²) in [4.78, 5) is 24.2. The minimum atomic E-state index is -0.519. The Labute approximate surface area is 137 Å². The summed E-state index contributed by atoms with van der Waals surface area (Å²) in [7, 11) is 0. The van der Waals surface area contributed by atoms with Crippen molar-refractivity contribution < 1.29 is 14.0 Å². The Balaban J connectivity index is 1.74. The molecule has 0 radical (unpaired) electrons. The van der Waals surface area contributed by atoms with Crippen LogP contribution in [-0.4, -0.2) is 11.8 Å². The lowest BCUT2D eigenvalue weighted by Gasteiger charge is -2.06. The highest BCUT2D eigenvalue weighted by Gasteiger charge is 2.18. The van der Waals surface area contributed by atoms with E-state index in [1.807, 2.05) is 18.2 Å². The lowest BCUT2D eigenvalue weighted by atomic mass is 10.1. The topological polar surface area (TPSA) is 71.3 Å². The van der Waals surface area contributed by atoms with Gasteiger partial charge in [0.25, 0.3) is 5.91 Å². The predicted octanol–water partition coefficient (Wildman–Crippen LogP) is 3.47. The van der Waals surface area contributed by atoms with Crippen LogP contribution in [0, 0.1) is 6.92 Å². The zero-order valence-corrected chi connectivity index (χ0v) is 13.0. The number of para-hydroxylation sites is 1. The molecule has 2 N–H and O–H groups in total. The Kier molecular flexibility index (Phi) is 4.04. The molecule has 2 aromatic carbocycles. The lowest BCUT2D eigenvalue weighted by Crippen LogP contribution is -2.41. The maximum absolute atomic E-state index is 12.2. The van der Waals surface area contributed by atoms with Crippen LogP contribution in [0.25, 0.3) is 11.0 Å². The van der Waals surface area contributed by atoms with Crippen LogP contribution in [0.4, 0.5) is 0 Å². The zero-order valence-electron chi connectivity index (χ0n) is 12.2. The molecule has 0 aliphatic carbocycles. The number of aryl methyl sites for hydroxylation is 1. The largest absolute Gasteiger partial charge is 0.451 e. The van der Waals surface area contributed by atoms with Gasteiger partial charge in [-0.2, -0.15) is 0 Å². The van der Waals surface area contributed by atoms with Crippen LogP contribution in [0.2, 0.25) is 5.02 Å². The van der Waals surface area contributed by atoms with Crippen molar-refractivity contribution in [1.82, 2.24) is 10.9 Å². The lowest BCUT2D eigenvalue weighted by molar-refractivity contribution is 0.0831. The summed E-state index contributed by atoms with van der Waals surface area (Å²) in [5, 5.41) is 1.30. The smallest absolute Gasteiger partial charge is 0.305 e. The summed E-state index contributed by atoms with van der Waals surface area (Å²) < 4.78 is 5.53. The van der Waals surface area contributed by atoms with E-state index in [1.165, 1.54) is 6.07 Å². The van der Waals surface area contributed by atoms with Gasteiger partial charge in [-0.05, 0) is 31.2 Å². The number of furan rings is 1. The van der Waals surface area contributed by atoms with Crippen LogP contribution in [0.5, 0.6) is 0 Å². The molecule has 5 nitrogen and oxygen atoms in total. The number of carbonyl (C=O) groups is 2. The average Bonchev–Trinajstić information content (AvgIpc) is 2.90. The van der Waals surface area contributed by atoms with Crippen LogP contribution in [0.1, 0.15) is 26.5 Å². The van der Waals surface area contributed by atoms with Gasteiger partial charge in [0.05, 0.1) is 0 Å². The number of hydrogen-bond donors (Lipinski definition) is 2. The molecule has 3 aromatic rings. The first-order chi connectivity index (χ1) is 11.1. The Bertz CT molecular complexity index is 902. The molecule has 0 unspecified atom stereocenters. The summed E-state index contributed by atoms with van der Waals surface area (Å²) in [5.41, 5.74) is 6.37. The fraction of sp³-hybridized carbons (Fsp3) is 0.0588. The summed E-state index contributed by atoms with van der Waals surface area (Å²) in [6.45, 7) is 1.79. The number of amides is 2. The van der Waals surface area contributed by atoms with Crippen molar-refractivity contribution >= 4 is 34.4 Å². The van der Waals surface area contributed by atoms with Crippen molar-refractivity contribution in [2.24, 2.45) is 0 Å². The van der Waals surface area contributed by atoms with E-state index in [0.717, 1.165) is 10.9 Å².